The minimum atomic E-state index is 0.795. The molecule has 1 saturated heterocycles. The Kier molecular flexibility index (Phi) is 6.34. The maximum Gasteiger partial charge on any atom is 0.119 e. The van der Waals surface area contributed by atoms with Gasteiger partial charge in [-0.2, -0.15) is 0 Å². The van der Waals surface area contributed by atoms with E-state index in [1.165, 1.54) is 31.5 Å². The second-order valence-electron chi connectivity index (χ2n) is 5.64. The Morgan fingerprint density at radius 2 is 2.05 bits per heavy atom. The van der Waals surface area contributed by atoms with Gasteiger partial charge < -0.3 is 10.1 Å². The summed E-state index contributed by atoms with van der Waals surface area (Å²) in [5, 5.41) is 3.33. The molecule has 3 nitrogen and oxygen atoms in total. The van der Waals surface area contributed by atoms with Gasteiger partial charge in [0.05, 0.1) is 0 Å². The number of likely N-dealkylation sites (tertiary alicyclic amines) is 1. The first kappa shape index (κ1) is 15.3. The predicted molar refractivity (Wildman–Crippen MR) is 84.2 cm³/mol. The van der Waals surface area contributed by atoms with E-state index in [0.717, 1.165) is 37.9 Å². The molecule has 0 bridgehead atoms. The highest BCUT2D eigenvalue weighted by Gasteiger charge is 2.20. The Labute approximate surface area is 123 Å². The summed E-state index contributed by atoms with van der Waals surface area (Å²) in [6.45, 7) is 10.7. The zero-order valence-corrected chi connectivity index (χ0v) is 12.9. The van der Waals surface area contributed by atoms with Crippen LogP contribution in [0.25, 0.3) is 0 Å². The quantitative estimate of drug-likeness (QED) is 0.790. The molecule has 1 unspecified atom stereocenters. The normalized spacial score (nSPS) is 19.4. The molecule has 112 valence electrons. The van der Waals surface area contributed by atoms with Crippen molar-refractivity contribution in [3.63, 3.8) is 0 Å². The van der Waals surface area contributed by atoms with Crippen LogP contribution in [0.4, 0.5) is 0 Å². The van der Waals surface area contributed by atoms with Gasteiger partial charge in [0.25, 0.3) is 0 Å². The third-order valence-corrected chi connectivity index (χ3v) is 4.13. The van der Waals surface area contributed by atoms with Gasteiger partial charge in [0.1, 0.15) is 12.4 Å². The van der Waals surface area contributed by atoms with Gasteiger partial charge in [-0.3, -0.25) is 4.90 Å². The monoisotopic (exact) mass is 276 g/mol. The van der Waals surface area contributed by atoms with Crippen molar-refractivity contribution in [3.05, 3.63) is 29.8 Å². The number of ether oxygens (including phenoxy) is 1. The molecule has 0 saturated carbocycles. The molecule has 1 N–H and O–H groups in total. The maximum atomic E-state index is 5.83. The van der Waals surface area contributed by atoms with E-state index in [0.29, 0.717) is 0 Å². The number of hydrogen-bond donors (Lipinski definition) is 1. The number of nitrogens with one attached hydrogen (secondary N) is 1. The molecule has 0 amide bonds. The molecule has 2 rings (SSSR count). The van der Waals surface area contributed by atoms with Crippen LogP contribution >= 0.6 is 0 Å². The number of nitrogens with zero attached hydrogens (tertiary/aromatic N) is 1. The molecule has 1 fully saturated rings. The van der Waals surface area contributed by atoms with Gasteiger partial charge in [-0.1, -0.05) is 32.4 Å². The van der Waals surface area contributed by atoms with Crippen LogP contribution in [0, 0.1) is 5.92 Å². The lowest BCUT2D eigenvalue weighted by Crippen LogP contribution is -2.26. The molecule has 20 heavy (non-hydrogen) atoms. The van der Waals surface area contributed by atoms with Gasteiger partial charge in [-0.05, 0) is 43.1 Å². The van der Waals surface area contributed by atoms with Gasteiger partial charge in [0.2, 0.25) is 0 Å². The second kappa shape index (κ2) is 8.28. The van der Waals surface area contributed by atoms with Crippen LogP contribution in [0.15, 0.2) is 24.3 Å². The molecule has 1 aromatic carbocycles. The molecule has 0 radical (unpaired) electrons. The predicted octanol–water partition coefficient (Wildman–Crippen LogP) is 2.91. The number of benzene rings is 1. The molecule has 1 atom stereocenters. The van der Waals surface area contributed by atoms with Crippen LogP contribution < -0.4 is 10.1 Å². The Morgan fingerprint density at radius 1 is 1.25 bits per heavy atom. The Balaban J connectivity index is 1.66. The molecule has 1 aliphatic heterocycles. The SMILES string of the molecule is CCNCc1ccc(OCCN2CCC(CC)C2)cc1. The van der Waals surface area contributed by atoms with Crippen molar-refractivity contribution in [1.29, 1.82) is 0 Å². The van der Waals surface area contributed by atoms with Gasteiger partial charge in [0.15, 0.2) is 0 Å². The summed E-state index contributed by atoms with van der Waals surface area (Å²) in [4.78, 5) is 2.52. The first-order valence-electron chi connectivity index (χ1n) is 7.96. The first-order valence-corrected chi connectivity index (χ1v) is 7.96. The lowest BCUT2D eigenvalue weighted by atomic mass is 10.1. The van der Waals surface area contributed by atoms with Gasteiger partial charge in [-0.25, -0.2) is 0 Å². The highest BCUT2D eigenvalue weighted by atomic mass is 16.5. The van der Waals surface area contributed by atoms with Crippen LogP contribution in [-0.4, -0.2) is 37.7 Å². The van der Waals surface area contributed by atoms with E-state index in [2.05, 4.69) is 48.3 Å². The van der Waals surface area contributed by atoms with Gasteiger partial charge in [0, 0.05) is 19.6 Å². The second-order valence-corrected chi connectivity index (χ2v) is 5.64. The van der Waals surface area contributed by atoms with Gasteiger partial charge >= 0.3 is 0 Å². The van der Waals surface area contributed by atoms with E-state index in [4.69, 9.17) is 4.74 Å². The van der Waals surface area contributed by atoms with E-state index in [1.807, 2.05) is 0 Å². The van der Waals surface area contributed by atoms with Crippen LogP contribution in [-0.2, 0) is 6.54 Å². The van der Waals surface area contributed by atoms with Crippen LogP contribution in [0.2, 0.25) is 0 Å². The molecule has 1 aliphatic rings. The molecular weight excluding hydrogens is 248 g/mol. The molecule has 0 aliphatic carbocycles. The fourth-order valence-electron chi connectivity index (χ4n) is 2.71. The number of rotatable bonds is 8. The van der Waals surface area contributed by atoms with Crippen LogP contribution in [0.5, 0.6) is 5.75 Å². The largest absolute Gasteiger partial charge is 0.492 e. The Hall–Kier alpha value is -1.06. The van der Waals surface area contributed by atoms with E-state index in [1.54, 1.807) is 0 Å². The first-order chi connectivity index (χ1) is 9.81. The Morgan fingerprint density at radius 3 is 2.70 bits per heavy atom. The summed E-state index contributed by atoms with van der Waals surface area (Å²) in [6, 6.07) is 8.43. The van der Waals surface area contributed by atoms with Crippen molar-refractivity contribution in [1.82, 2.24) is 10.2 Å². The summed E-state index contributed by atoms with van der Waals surface area (Å²) in [5.41, 5.74) is 1.31. The van der Waals surface area contributed by atoms with Crippen molar-refractivity contribution in [2.75, 3.05) is 32.8 Å². The molecular formula is C17H28N2O. The van der Waals surface area contributed by atoms with Crippen LogP contribution in [0.3, 0.4) is 0 Å². The third-order valence-electron chi connectivity index (χ3n) is 4.13. The third kappa shape index (κ3) is 4.80. The highest BCUT2D eigenvalue weighted by Crippen LogP contribution is 2.18. The molecule has 1 aromatic rings. The fraction of sp³-hybridized carbons (Fsp3) is 0.647. The minimum absolute atomic E-state index is 0.795. The highest BCUT2D eigenvalue weighted by molar-refractivity contribution is 5.27. The molecule has 1 heterocycles. The van der Waals surface area contributed by atoms with E-state index in [-0.39, 0.29) is 0 Å². The van der Waals surface area contributed by atoms with Crippen molar-refractivity contribution in [3.8, 4) is 5.75 Å². The molecule has 0 aromatic heterocycles. The summed E-state index contributed by atoms with van der Waals surface area (Å²) >= 11 is 0. The zero-order chi connectivity index (χ0) is 14.2. The lowest BCUT2D eigenvalue weighted by molar-refractivity contribution is 0.232. The summed E-state index contributed by atoms with van der Waals surface area (Å²) < 4.78 is 5.83. The molecule has 3 heteroatoms. The smallest absolute Gasteiger partial charge is 0.119 e. The summed E-state index contributed by atoms with van der Waals surface area (Å²) in [5.74, 6) is 1.89. The average molecular weight is 276 g/mol. The van der Waals surface area contributed by atoms with Crippen molar-refractivity contribution < 1.29 is 4.74 Å². The van der Waals surface area contributed by atoms with Crippen molar-refractivity contribution >= 4 is 0 Å². The zero-order valence-electron chi connectivity index (χ0n) is 12.9. The van der Waals surface area contributed by atoms with Crippen molar-refractivity contribution in [2.45, 2.75) is 33.2 Å². The minimum Gasteiger partial charge on any atom is -0.492 e. The Bertz CT molecular complexity index is 377. The van der Waals surface area contributed by atoms with Crippen molar-refractivity contribution in [2.24, 2.45) is 5.92 Å². The maximum absolute atomic E-state index is 5.83. The standard InChI is InChI=1S/C17H28N2O/c1-3-15-9-10-19(14-15)11-12-20-17-7-5-16(6-8-17)13-18-4-2/h5-8,15,18H,3-4,9-14H2,1-2H3. The van der Waals surface area contributed by atoms with E-state index >= 15 is 0 Å². The van der Waals surface area contributed by atoms with E-state index in [9.17, 15) is 0 Å². The van der Waals surface area contributed by atoms with E-state index < -0.39 is 0 Å². The van der Waals surface area contributed by atoms with Gasteiger partial charge in [-0.15, -0.1) is 0 Å². The summed E-state index contributed by atoms with van der Waals surface area (Å²) in [6.07, 6.45) is 2.67. The van der Waals surface area contributed by atoms with Crippen LogP contribution in [0.1, 0.15) is 32.3 Å². The average Bonchev–Trinajstić information content (AvgIpc) is 2.94. The molecule has 0 spiro atoms. The fourth-order valence-corrected chi connectivity index (χ4v) is 2.71. The lowest BCUT2D eigenvalue weighted by Gasteiger charge is -2.16. The summed E-state index contributed by atoms with van der Waals surface area (Å²) in [7, 11) is 0. The number of hydrogen-bond acceptors (Lipinski definition) is 3. The topological polar surface area (TPSA) is 24.5 Å².